The highest BCUT2D eigenvalue weighted by Gasteiger charge is 2.52. The van der Waals surface area contributed by atoms with Crippen LogP contribution in [0.5, 0.6) is 0 Å². The number of H-pyrrole nitrogens is 1. The second kappa shape index (κ2) is 5.42. The Morgan fingerprint density at radius 2 is 2.24 bits per heavy atom. The molecule has 25 heavy (non-hydrogen) atoms. The zero-order valence-corrected chi connectivity index (χ0v) is 14.8. The third kappa shape index (κ3) is 2.66. The molecule has 2 aliphatic rings. The average molecular weight is 344 g/mol. The van der Waals surface area contributed by atoms with Gasteiger partial charge in [0.25, 0.3) is 5.56 Å². The van der Waals surface area contributed by atoms with Crippen LogP contribution in [-0.4, -0.2) is 37.3 Å². The van der Waals surface area contributed by atoms with E-state index in [1.54, 1.807) is 4.52 Å². The van der Waals surface area contributed by atoms with Gasteiger partial charge in [0.1, 0.15) is 0 Å². The van der Waals surface area contributed by atoms with Gasteiger partial charge in [0, 0.05) is 29.1 Å². The second-order valence-electron chi connectivity index (χ2n) is 7.92. The number of carbonyl (C=O) groups is 1. The third-order valence-electron chi connectivity index (χ3n) is 6.14. The number of amides is 1. The first kappa shape index (κ1) is 16.3. The van der Waals surface area contributed by atoms with Crippen molar-refractivity contribution in [1.82, 2.24) is 19.9 Å². The number of aryl methyl sites for hydroxylation is 2. The summed E-state index contributed by atoms with van der Waals surface area (Å²) >= 11 is 0. The lowest BCUT2D eigenvalue weighted by molar-refractivity contribution is -0.122. The van der Waals surface area contributed by atoms with Crippen LogP contribution in [0.2, 0.25) is 0 Å². The van der Waals surface area contributed by atoms with Gasteiger partial charge in [-0.05, 0) is 51.9 Å². The Labute approximate surface area is 145 Å². The molecule has 3 N–H and O–H groups in total. The van der Waals surface area contributed by atoms with Gasteiger partial charge in [0.15, 0.2) is 5.65 Å². The van der Waals surface area contributed by atoms with Gasteiger partial charge in [-0.25, -0.2) is 9.50 Å². The van der Waals surface area contributed by atoms with E-state index in [1.165, 1.54) is 6.07 Å². The molecule has 0 aromatic carbocycles. The number of nitrogens with one attached hydrogen (secondary N) is 2. The van der Waals surface area contributed by atoms with Crippen LogP contribution in [0.4, 0.5) is 0 Å². The molecule has 4 rings (SSSR count). The Balaban J connectivity index is 1.50. The van der Waals surface area contributed by atoms with E-state index in [2.05, 4.69) is 15.4 Å². The highest BCUT2D eigenvalue weighted by Crippen LogP contribution is 2.50. The standard InChI is InChI=1S/C18H24N4O3/c1-9-13(10(2)22-15(19-9)7-17(24)21-22)6-16(23)20-14-5-12-4-11(14)8-18(12,3)25/h7,11-12,14,25H,4-6,8H2,1-3H3,(H,20,23)(H,21,24)/t11-,12-,14-,18+/m1/s1. The van der Waals surface area contributed by atoms with Crippen LogP contribution in [0.3, 0.4) is 0 Å². The number of aromatic nitrogens is 3. The fourth-order valence-corrected chi connectivity index (χ4v) is 4.76. The second-order valence-corrected chi connectivity index (χ2v) is 7.92. The summed E-state index contributed by atoms with van der Waals surface area (Å²) in [6.07, 6.45) is 2.85. The highest BCUT2D eigenvalue weighted by molar-refractivity contribution is 5.79. The zero-order chi connectivity index (χ0) is 17.9. The van der Waals surface area contributed by atoms with Crippen molar-refractivity contribution in [3.63, 3.8) is 0 Å². The Kier molecular flexibility index (Phi) is 3.54. The Morgan fingerprint density at radius 3 is 2.88 bits per heavy atom. The number of nitrogens with zero attached hydrogens (tertiary/aromatic N) is 2. The molecule has 2 bridgehead atoms. The van der Waals surface area contributed by atoms with Crippen molar-refractivity contribution in [2.45, 2.75) is 58.1 Å². The van der Waals surface area contributed by atoms with Crippen molar-refractivity contribution in [3.05, 3.63) is 33.4 Å². The maximum atomic E-state index is 12.6. The van der Waals surface area contributed by atoms with Gasteiger partial charge < -0.3 is 10.4 Å². The van der Waals surface area contributed by atoms with E-state index in [9.17, 15) is 14.7 Å². The molecule has 7 nitrogen and oxygen atoms in total. The SMILES string of the molecule is Cc1nc2cc(=O)[nH]n2c(C)c1CC(=O)N[C@@H]1C[C@H]2C[C@@H]1C[C@]2(C)O. The first-order valence-corrected chi connectivity index (χ1v) is 8.84. The molecule has 2 fully saturated rings. The minimum atomic E-state index is -0.575. The average Bonchev–Trinajstić information content (AvgIpc) is 3.15. The lowest BCUT2D eigenvalue weighted by atomic mass is 9.83. The van der Waals surface area contributed by atoms with Gasteiger partial charge in [-0.3, -0.25) is 14.7 Å². The van der Waals surface area contributed by atoms with Gasteiger partial charge >= 0.3 is 0 Å². The number of hydrogen-bond acceptors (Lipinski definition) is 4. The fourth-order valence-electron chi connectivity index (χ4n) is 4.76. The predicted octanol–water partition coefficient (Wildman–Crippen LogP) is 0.848. The summed E-state index contributed by atoms with van der Waals surface area (Å²) in [6, 6.07) is 1.60. The van der Waals surface area contributed by atoms with Gasteiger partial charge in [0.2, 0.25) is 5.91 Å². The van der Waals surface area contributed by atoms with Crippen LogP contribution in [-0.2, 0) is 11.2 Å². The summed E-state index contributed by atoms with van der Waals surface area (Å²) in [5.74, 6) is 0.626. The summed E-state index contributed by atoms with van der Waals surface area (Å²) < 4.78 is 1.63. The largest absolute Gasteiger partial charge is 0.390 e. The maximum absolute atomic E-state index is 12.6. The molecule has 2 heterocycles. The fraction of sp³-hybridized carbons (Fsp3) is 0.611. The molecule has 2 aromatic rings. The van der Waals surface area contributed by atoms with Gasteiger partial charge in [-0.2, -0.15) is 0 Å². The molecule has 134 valence electrons. The lowest BCUT2D eigenvalue weighted by Crippen LogP contribution is -2.44. The number of hydrogen-bond donors (Lipinski definition) is 3. The lowest BCUT2D eigenvalue weighted by Gasteiger charge is -2.33. The first-order chi connectivity index (χ1) is 11.7. The van der Waals surface area contributed by atoms with Crippen LogP contribution in [0.15, 0.2) is 10.9 Å². The van der Waals surface area contributed by atoms with Crippen molar-refractivity contribution in [3.8, 4) is 0 Å². The van der Waals surface area contributed by atoms with Crippen molar-refractivity contribution in [1.29, 1.82) is 0 Å². The maximum Gasteiger partial charge on any atom is 0.266 e. The number of aliphatic hydroxyl groups is 1. The van der Waals surface area contributed by atoms with E-state index in [0.29, 0.717) is 11.6 Å². The molecule has 0 aliphatic heterocycles. The van der Waals surface area contributed by atoms with E-state index in [-0.39, 0.29) is 29.8 Å². The molecule has 2 aliphatic carbocycles. The molecule has 7 heteroatoms. The van der Waals surface area contributed by atoms with E-state index in [1.807, 2.05) is 20.8 Å². The van der Waals surface area contributed by atoms with Gasteiger partial charge in [0.05, 0.1) is 12.0 Å². The molecule has 4 atom stereocenters. The van der Waals surface area contributed by atoms with Crippen LogP contribution < -0.4 is 10.9 Å². The summed E-state index contributed by atoms with van der Waals surface area (Å²) in [7, 11) is 0. The Bertz CT molecular complexity index is 911. The molecule has 0 unspecified atom stereocenters. The molecule has 0 spiro atoms. The number of carbonyl (C=O) groups excluding carboxylic acids is 1. The van der Waals surface area contributed by atoms with Gasteiger partial charge in [-0.15, -0.1) is 0 Å². The van der Waals surface area contributed by atoms with Crippen molar-refractivity contribution >= 4 is 11.6 Å². The van der Waals surface area contributed by atoms with E-state index in [0.717, 1.165) is 36.2 Å². The Hall–Kier alpha value is -2.15. The molecular formula is C18H24N4O3. The molecule has 0 saturated heterocycles. The predicted molar refractivity (Wildman–Crippen MR) is 92.4 cm³/mol. The third-order valence-corrected chi connectivity index (χ3v) is 6.14. The van der Waals surface area contributed by atoms with E-state index in [4.69, 9.17) is 0 Å². The van der Waals surface area contributed by atoms with Crippen LogP contribution in [0, 0.1) is 25.7 Å². The molecule has 2 saturated carbocycles. The van der Waals surface area contributed by atoms with Crippen molar-refractivity contribution < 1.29 is 9.90 Å². The summed E-state index contributed by atoms with van der Waals surface area (Å²) in [4.78, 5) is 28.5. The monoisotopic (exact) mass is 344 g/mol. The van der Waals surface area contributed by atoms with Crippen LogP contribution in [0.1, 0.15) is 43.1 Å². The first-order valence-electron chi connectivity index (χ1n) is 8.84. The van der Waals surface area contributed by atoms with Crippen molar-refractivity contribution in [2.24, 2.45) is 11.8 Å². The number of aromatic amines is 1. The number of fused-ring (bicyclic) bond motifs is 3. The Morgan fingerprint density at radius 1 is 1.48 bits per heavy atom. The van der Waals surface area contributed by atoms with Gasteiger partial charge in [-0.1, -0.05) is 0 Å². The molecule has 2 aromatic heterocycles. The molecule has 1 amide bonds. The minimum Gasteiger partial charge on any atom is -0.390 e. The zero-order valence-electron chi connectivity index (χ0n) is 14.8. The normalized spacial score (nSPS) is 31.0. The number of rotatable bonds is 3. The van der Waals surface area contributed by atoms with E-state index >= 15 is 0 Å². The van der Waals surface area contributed by atoms with E-state index < -0.39 is 5.60 Å². The van der Waals surface area contributed by atoms with Crippen LogP contribution >= 0.6 is 0 Å². The van der Waals surface area contributed by atoms with Crippen LogP contribution in [0.25, 0.3) is 5.65 Å². The quantitative estimate of drug-likeness (QED) is 0.768. The van der Waals surface area contributed by atoms with Crippen molar-refractivity contribution in [2.75, 3.05) is 0 Å². The molecule has 0 radical (unpaired) electrons. The minimum absolute atomic E-state index is 0.0287. The topological polar surface area (TPSA) is 99.5 Å². The molecular weight excluding hydrogens is 320 g/mol. The summed E-state index contributed by atoms with van der Waals surface area (Å²) in [5.41, 5.74) is 2.23. The summed E-state index contributed by atoms with van der Waals surface area (Å²) in [5, 5.41) is 16.2. The smallest absolute Gasteiger partial charge is 0.266 e. The highest BCUT2D eigenvalue weighted by atomic mass is 16.3. The summed E-state index contributed by atoms with van der Waals surface area (Å²) in [6.45, 7) is 5.65.